The Bertz CT molecular complexity index is 61.5. The summed E-state index contributed by atoms with van der Waals surface area (Å²) in [6, 6.07) is 0. The predicted octanol–water partition coefficient (Wildman–Crippen LogP) is 1.33. The van der Waals surface area contributed by atoms with Crippen LogP contribution in [0.25, 0.3) is 0 Å². The summed E-state index contributed by atoms with van der Waals surface area (Å²) in [5, 5.41) is 5.56. The molecule has 0 radical (unpaired) electrons. The number of rotatable bonds is 4. The first-order chi connectivity index (χ1) is 3.81. The molecule has 0 aromatic carbocycles. The second-order valence-electron chi connectivity index (χ2n) is 1.88. The maximum atomic E-state index is 3.71. The van der Waals surface area contributed by atoms with Crippen LogP contribution < -0.4 is 0 Å². The molecule has 0 atom stereocenters. The fourth-order valence-corrected chi connectivity index (χ4v) is 0.458. The van der Waals surface area contributed by atoms with Crippen LogP contribution in [0.5, 0.6) is 0 Å². The van der Waals surface area contributed by atoms with Gasteiger partial charge in [-0.25, -0.2) is 0 Å². The molecule has 2 heteroatoms. The lowest BCUT2D eigenvalue weighted by molar-refractivity contribution is 0.350. The third kappa shape index (κ3) is 3.65. The molecule has 0 rings (SSSR count). The smallest absolute Gasteiger partial charge is 0.0356 e. The standard InChI is InChI=1S/C6H14N2/c1-4-5-6-8(3)7-2/h2,4-6H2,1,3H3. The molecular formula is C6H14N2. The summed E-state index contributed by atoms with van der Waals surface area (Å²) in [7, 11) is 1.93. The van der Waals surface area contributed by atoms with Crippen LogP contribution in [-0.2, 0) is 0 Å². The summed E-state index contributed by atoms with van der Waals surface area (Å²) >= 11 is 0. The summed E-state index contributed by atoms with van der Waals surface area (Å²) in [4.78, 5) is 0. The molecule has 0 saturated heterocycles. The predicted molar refractivity (Wildman–Crippen MR) is 37.1 cm³/mol. The van der Waals surface area contributed by atoms with Crippen molar-refractivity contribution in [2.75, 3.05) is 13.6 Å². The van der Waals surface area contributed by atoms with Gasteiger partial charge in [-0.05, 0) is 6.42 Å². The van der Waals surface area contributed by atoms with Gasteiger partial charge in [-0.15, -0.1) is 0 Å². The number of hydrogen-bond acceptors (Lipinski definition) is 2. The highest BCUT2D eigenvalue weighted by atomic mass is 15.4. The first-order valence-electron chi connectivity index (χ1n) is 2.99. The molecular weight excluding hydrogens is 100 g/mol. The Balaban J connectivity index is 2.98. The largest absolute Gasteiger partial charge is 0.301 e. The average molecular weight is 114 g/mol. The van der Waals surface area contributed by atoms with Crippen LogP contribution in [0.3, 0.4) is 0 Å². The number of nitrogens with zero attached hydrogens (tertiary/aromatic N) is 2. The normalized spacial score (nSPS) is 8.75. The molecule has 0 aliphatic carbocycles. The van der Waals surface area contributed by atoms with E-state index >= 15 is 0 Å². The van der Waals surface area contributed by atoms with Crippen LogP contribution in [0, 0.1) is 0 Å². The molecule has 0 heterocycles. The lowest BCUT2D eigenvalue weighted by Crippen LogP contribution is -2.10. The highest BCUT2D eigenvalue weighted by molar-refractivity contribution is 5.22. The van der Waals surface area contributed by atoms with E-state index in [0.717, 1.165) is 6.54 Å². The quantitative estimate of drug-likeness (QED) is 0.397. The van der Waals surface area contributed by atoms with E-state index in [2.05, 4.69) is 18.7 Å². The van der Waals surface area contributed by atoms with E-state index < -0.39 is 0 Å². The second kappa shape index (κ2) is 4.62. The van der Waals surface area contributed by atoms with Crippen molar-refractivity contribution in [3.63, 3.8) is 0 Å². The molecule has 0 bridgehead atoms. The summed E-state index contributed by atoms with van der Waals surface area (Å²) in [6.45, 7) is 6.58. The van der Waals surface area contributed by atoms with E-state index in [9.17, 15) is 0 Å². The van der Waals surface area contributed by atoms with Gasteiger partial charge in [-0.2, -0.15) is 5.10 Å². The molecule has 0 saturated carbocycles. The van der Waals surface area contributed by atoms with Gasteiger partial charge in [-0.3, -0.25) is 0 Å². The molecule has 0 aliphatic rings. The Morgan fingerprint density at radius 3 is 2.62 bits per heavy atom. The van der Waals surface area contributed by atoms with Gasteiger partial charge in [0, 0.05) is 20.3 Å². The fourth-order valence-electron chi connectivity index (χ4n) is 0.458. The molecule has 48 valence electrons. The molecule has 0 spiro atoms. The van der Waals surface area contributed by atoms with Gasteiger partial charge >= 0.3 is 0 Å². The summed E-state index contributed by atoms with van der Waals surface area (Å²) in [5.74, 6) is 0. The van der Waals surface area contributed by atoms with Crippen molar-refractivity contribution in [2.24, 2.45) is 5.10 Å². The van der Waals surface area contributed by atoms with Crippen molar-refractivity contribution in [1.82, 2.24) is 5.01 Å². The van der Waals surface area contributed by atoms with Crippen LogP contribution in [0.2, 0.25) is 0 Å². The summed E-state index contributed by atoms with van der Waals surface area (Å²) in [5.41, 5.74) is 0. The van der Waals surface area contributed by atoms with Crippen LogP contribution in [0.4, 0.5) is 0 Å². The Hall–Kier alpha value is -0.530. The first-order valence-corrected chi connectivity index (χ1v) is 2.99. The molecule has 0 amide bonds. The lowest BCUT2D eigenvalue weighted by atomic mass is 10.3. The summed E-state index contributed by atoms with van der Waals surface area (Å²) < 4.78 is 0. The molecule has 0 unspecified atom stereocenters. The fraction of sp³-hybridized carbons (Fsp3) is 0.833. The number of hydrazone groups is 1. The zero-order valence-corrected chi connectivity index (χ0v) is 5.72. The van der Waals surface area contributed by atoms with Crippen LogP contribution in [-0.4, -0.2) is 25.3 Å². The molecule has 0 N–H and O–H groups in total. The van der Waals surface area contributed by atoms with Gasteiger partial charge in [0.2, 0.25) is 0 Å². The van der Waals surface area contributed by atoms with Gasteiger partial charge < -0.3 is 5.01 Å². The summed E-state index contributed by atoms with van der Waals surface area (Å²) in [6.07, 6.45) is 2.43. The van der Waals surface area contributed by atoms with Crippen LogP contribution in [0.15, 0.2) is 5.10 Å². The highest BCUT2D eigenvalue weighted by Gasteiger charge is 1.86. The maximum absolute atomic E-state index is 3.71. The van der Waals surface area contributed by atoms with E-state index in [1.165, 1.54) is 12.8 Å². The highest BCUT2D eigenvalue weighted by Crippen LogP contribution is 1.89. The van der Waals surface area contributed by atoms with Gasteiger partial charge in [0.1, 0.15) is 0 Å². The van der Waals surface area contributed by atoms with E-state index in [-0.39, 0.29) is 0 Å². The maximum Gasteiger partial charge on any atom is 0.0356 e. The van der Waals surface area contributed by atoms with E-state index in [1.807, 2.05) is 12.1 Å². The minimum Gasteiger partial charge on any atom is -0.301 e. The van der Waals surface area contributed by atoms with E-state index in [0.29, 0.717) is 0 Å². The average Bonchev–Trinajstić information content (AvgIpc) is 1.83. The van der Waals surface area contributed by atoms with Crippen LogP contribution in [0.1, 0.15) is 19.8 Å². The topological polar surface area (TPSA) is 15.6 Å². The van der Waals surface area contributed by atoms with Crippen LogP contribution >= 0.6 is 0 Å². The van der Waals surface area contributed by atoms with E-state index in [1.54, 1.807) is 0 Å². The molecule has 0 aromatic rings. The molecule has 0 aliphatic heterocycles. The van der Waals surface area contributed by atoms with Gasteiger partial charge in [0.05, 0.1) is 0 Å². The first kappa shape index (κ1) is 7.47. The van der Waals surface area contributed by atoms with Crippen molar-refractivity contribution in [2.45, 2.75) is 19.8 Å². The Morgan fingerprint density at radius 2 is 2.25 bits per heavy atom. The van der Waals surface area contributed by atoms with E-state index in [4.69, 9.17) is 0 Å². The van der Waals surface area contributed by atoms with Gasteiger partial charge in [0.25, 0.3) is 0 Å². The van der Waals surface area contributed by atoms with Crippen molar-refractivity contribution in [3.8, 4) is 0 Å². The molecule has 0 fully saturated rings. The van der Waals surface area contributed by atoms with Crippen molar-refractivity contribution in [1.29, 1.82) is 0 Å². The van der Waals surface area contributed by atoms with Gasteiger partial charge in [0.15, 0.2) is 0 Å². The minimum absolute atomic E-state index is 1.03. The molecule has 0 aromatic heterocycles. The molecule has 2 nitrogen and oxygen atoms in total. The van der Waals surface area contributed by atoms with Crippen molar-refractivity contribution in [3.05, 3.63) is 0 Å². The van der Waals surface area contributed by atoms with Gasteiger partial charge in [-0.1, -0.05) is 13.3 Å². The monoisotopic (exact) mass is 114 g/mol. The zero-order chi connectivity index (χ0) is 6.41. The third-order valence-corrected chi connectivity index (χ3v) is 1.08. The minimum atomic E-state index is 1.03. The third-order valence-electron chi connectivity index (χ3n) is 1.08. The Kier molecular flexibility index (Phi) is 4.32. The van der Waals surface area contributed by atoms with Crippen molar-refractivity contribution < 1.29 is 0 Å². The SMILES string of the molecule is C=NN(C)CCCC. The number of unbranched alkanes of at least 4 members (excludes halogenated alkanes) is 1. The molecule has 8 heavy (non-hydrogen) atoms. The Labute approximate surface area is 51.2 Å². The number of hydrogen-bond donors (Lipinski definition) is 0. The Morgan fingerprint density at radius 1 is 1.62 bits per heavy atom. The van der Waals surface area contributed by atoms with Crippen molar-refractivity contribution >= 4 is 6.72 Å². The lowest BCUT2D eigenvalue weighted by Gasteiger charge is -2.09. The second-order valence-corrected chi connectivity index (χ2v) is 1.88. The zero-order valence-electron chi connectivity index (χ0n) is 5.72.